The third-order valence-electron chi connectivity index (χ3n) is 4.27. The fourth-order valence-corrected chi connectivity index (χ4v) is 2.93. The van der Waals surface area contributed by atoms with Crippen molar-refractivity contribution >= 4 is 0 Å². The second-order valence-electron chi connectivity index (χ2n) is 6.46. The van der Waals surface area contributed by atoms with Gasteiger partial charge in [0.15, 0.2) is 0 Å². The van der Waals surface area contributed by atoms with E-state index in [-0.39, 0.29) is 0 Å². The molecule has 1 saturated carbocycles. The van der Waals surface area contributed by atoms with Gasteiger partial charge in [0.1, 0.15) is 0 Å². The third-order valence-corrected chi connectivity index (χ3v) is 4.27. The molecule has 0 bridgehead atoms. The number of hydrogen-bond donors (Lipinski definition) is 1. The van der Waals surface area contributed by atoms with Gasteiger partial charge in [-0.05, 0) is 55.7 Å². The van der Waals surface area contributed by atoms with E-state index in [0.717, 1.165) is 0 Å². The van der Waals surface area contributed by atoms with Crippen molar-refractivity contribution in [2.45, 2.75) is 65.0 Å². The Morgan fingerprint density at radius 3 is 2.67 bits per heavy atom. The number of aromatic nitrogens is 1. The van der Waals surface area contributed by atoms with Crippen molar-refractivity contribution < 1.29 is 0 Å². The summed E-state index contributed by atoms with van der Waals surface area (Å²) in [5, 5.41) is 3.79. The molecule has 2 nitrogen and oxygen atoms in total. The molecule has 100 valence electrons. The normalized spacial score (nSPS) is 25.4. The molecule has 1 aromatic rings. The second kappa shape index (κ2) is 5.83. The van der Waals surface area contributed by atoms with E-state index in [1.54, 1.807) is 0 Å². The monoisotopic (exact) mass is 246 g/mol. The maximum atomic E-state index is 4.08. The summed E-state index contributed by atoms with van der Waals surface area (Å²) < 4.78 is 0. The molecule has 0 aromatic carbocycles. The van der Waals surface area contributed by atoms with Crippen LogP contribution < -0.4 is 5.32 Å². The fourth-order valence-electron chi connectivity index (χ4n) is 2.93. The SMILES string of the molecule is C[C@H](NC1CCCC(C)(C)CC1)c1ccncc1. The summed E-state index contributed by atoms with van der Waals surface area (Å²) >= 11 is 0. The number of nitrogens with zero attached hydrogens (tertiary/aromatic N) is 1. The molecule has 0 aliphatic heterocycles. The molecular weight excluding hydrogens is 220 g/mol. The van der Waals surface area contributed by atoms with E-state index in [0.29, 0.717) is 17.5 Å². The molecule has 1 unspecified atom stereocenters. The van der Waals surface area contributed by atoms with E-state index in [2.05, 4.69) is 43.2 Å². The Morgan fingerprint density at radius 1 is 1.22 bits per heavy atom. The zero-order valence-corrected chi connectivity index (χ0v) is 11.9. The van der Waals surface area contributed by atoms with Crippen LogP contribution in [0.25, 0.3) is 0 Å². The van der Waals surface area contributed by atoms with E-state index in [4.69, 9.17) is 0 Å². The highest BCUT2D eigenvalue weighted by atomic mass is 14.9. The minimum Gasteiger partial charge on any atom is -0.307 e. The Kier molecular flexibility index (Phi) is 4.39. The molecule has 1 N–H and O–H groups in total. The molecule has 0 radical (unpaired) electrons. The van der Waals surface area contributed by atoms with Gasteiger partial charge in [-0.3, -0.25) is 4.98 Å². The van der Waals surface area contributed by atoms with Gasteiger partial charge in [0.2, 0.25) is 0 Å². The van der Waals surface area contributed by atoms with Gasteiger partial charge in [-0.15, -0.1) is 0 Å². The lowest BCUT2D eigenvalue weighted by atomic mass is 9.85. The van der Waals surface area contributed by atoms with Crippen molar-refractivity contribution in [3.63, 3.8) is 0 Å². The van der Waals surface area contributed by atoms with E-state index in [9.17, 15) is 0 Å². The first-order chi connectivity index (χ1) is 8.57. The van der Waals surface area contributed by atoms with Gasteiger partial charge in [0, 0.05) is 24.5 Å². The summed E-state index contributed by atoms with van der Waals surface area (Å²) in [7, 11) is 0. The van der Waals surface area contributed by atoms with E-state index >= 15 is 0 Å². The van der Waals surface area contributed by atoms with Gasteiger partial charge in [-0.2, -0.15) is 0 Å². The molecule has 1 aliphatic carbocycles. The minimum absolute atomic E-state index is 0.430. The highest BCUT2D eigenvalue weighted by molar-refractivity contribution is 5.14. The summed E-state index contributed by atoms with van der Waals surface area (Å²) in [4.78, 5) is 4.08. The Morgan fingerprint density at radius 2 is 1.94 bits per heavy atom. The van der Waals surface area contributed by atoms with Crippen LogP contribution in [-0.2, 0) is 0 Å². The maximum absolute atomic E-state index is 4.08. The lowest BCUT2D eigenvalue weighted by molar-refractivity contribution is 0.307. The van der Waals surface area contributed by atoms with Crippen LogP contribution in [0.15, 0.2) is 24.5 Å². The zero-order chi connectivity index (χ0) is 13.0. The quantitative estimate of drug-likeness (QED) is 0.812. The van der Waals surface area contributed by atoms with Crippen molar-refractivity contribution in [3.05, 3.63) is 30.1 Å². The summed E-state index contributed by atoms with van der Waals surface area (Å²) in [6.07, 6.45) is 10.4. The number of hydrogen-bond acceptors (Lipinski definition) is 2. The van der Waals surface area contributed by atoms with E-state index < -0.39 is 0 Å². The van der Waals surface area contributed by atoms with Crippen LogP contribution in [0.1, 0.15) is 64.5 Å². The number of pyridine rings is 1. The van der Waals surface area contributed by atoms with Crippen LogP contribution in [0.3, 0.4) is 0 Å². The minimum atomic E-state index is 0.430. The molecule has 2 rings (SSSR count). The van der Waals surface area contributed by atoms with E-state index in [1.165, 1.54) is 37.7 Å². The van der Waals surface area contributed by atoms with Gasteiger partial charge in [-0.25, -0.2) is 0 Å². The Balaban J connectivity index is 1.90. The summed E-state index contributed by atoms with van der Waals surface area (Å²) in [5.74, 6) is 0. The van der Waals surface area contributed by atoms with Gasteiger partial charge in [0.05, 0.1) is 0 Å². The first-order valence-electron chi connectivity index (χ1n) is 7.23. The maximum Gasteiger partial charge on any atom is 0.0295 e. The molecule has 1 heterocycles. The van der Waals surface area contributed by atoms with Crippen molar-refractivity contribution in [1.82, 2.24) is 10.3 Å². The predicted molar refractivity (Wildman–Crippen MR) is 76.4 cm³/mol. The van der Waals surface area contributed by atoms with Gasteiger partial charge < -0.3 is 5.32 Å². The molecule has 1 aromatic heterocycles. The zero-order valence-electron chi connectivity index (χ0n) is 11.9. The van der Waals surface area contributed by atoms with Crippen LogP contribution in [0.4, 0.5) is 0 Å². The molecule has 0 spiro atoms. The van der Waals surface area contributed by atoms with Crippen molar-refractivity contribution in [1.29, 1.82) is 0 Å². The molecule has 18 heavy (non-hydrogen) atoms. The van der Waals surface area contributed by atoms with E-state index in [1.807, 2.05) is 12.4 Å². The van der Waals surface area contributed by atoms with Crippen molar-refractivity contribution in [3.8, 4) is 0 Å². The lowest BCUT2D eigenvalue weighted by Gasteiger charge is -2.24. The molecule has 1 aliphatic rings. The summed E-state index contributed by atoms with van der Waals surface area (Å²) in [5.41, 5.74) is 1.88. The first-order valence-corrected chi connectivity index (χ1v) is 7.23. The lowest BCUT2D eigenvalue weighted by Crippen LogP contribution is -2.31. The van der Waals surface area contributed by atoms with Crippen LogP contribution in [0.2, 0.25) is 0 Å². The fraction of sp³-hybridized carbons (Fsp3) is 0.688. The molecule has 2 heteroatoms. The number of rotatable bonds is 3. The molecule has 2 atom stereocenters. The molecule has 0 saturated heterocycles. The third kappa shape index (κ3) is 3.81. The average Bonchev–Trinajstić information content (AvgIpc) is 2.52. The Bertz CT molecular complexity index is 359. The van der Waals surface area contributed by atoms with Gasteiger partial charge in [-0.1, -0.05) is 20.3 Å². The highest BCUT2D eigenvalue weighted by Gasteiger charge is 2.24. The average molecular weight is 246 g/mol. The standard InChI is InChI=1S/C16H26N2/c1-13(14-7-11-17-12-8-14)18-15-5-4-9-16(2,3)10-6-15/h7-8,11-13,15,18H,4-6,9-10H2,1-3H3/t13-,15?/m0/s1. The Hall–Kier alpha value is -0.890. The summed E-state index contributed by atoms with van der Waals surface area (Å²) in [6, 6.07) is 5.32. The molecular formula is C16H26N2. The van der Waals surface area contributed by atoms with Crippen molar-refractivity contribution in [2.24, 2.45) is 5.41 Å². The molecule has 0 amide bonds. The van der Waals surface area contributed by atoms with Crippen molar-refractivity contribution in [2.75, 3.05) is 0 Å². The predicted octanol–water partition coefficient (Wildman–Crippen LogP) is 4.09. The summed E-state index contributed by atoms with van der Waals surface area (Å²) in [6.45, 7) is 7.06. The van der Waals surface area contributed by atoms with Gasteiger partial charge in [0.25, 0.3) is 0 Å². The Labute approximate surface area is 111 Å². The van der Waals surface area contributed by atoms with Crippen LogP contribution >= 0.6 is 0 Å². The van der Waals surface area contributed by atoms with Crippen LogP contribution in [0.5, 0.6) is 0 Å². The largest absolute Gasteiger partial charge is 0.307 e. The highest BCUT2D eigenvalue weighted by Crippen LogP contribution is 2.34. The smallest absolute Gasteiger partial charge is 0.0295 e. The second-order valence-corrected chi connectivity index (χ2v) is 6.46. The number of nitrogens with one attached hydrogen (secondary N) is 1. The first kappa shape index (κ1) is 13.5. The molecule has 1 fully saturated rings. The van der Waals surface area contributed by atoms with Crippen LogP contribution in [-0.4, -0.2) is 11.0 Å². The topological polar surface area (TPSA) is 24.9 Å². The van der Waals surface area contributed by atoms with Crippen LogP contribution in [0, 0.1) is 5.41 Å². The van der Waals surface area contributed by atoms with Gasteiger partial charge >= 0.3 is 0 Å².